The summed E-state index contributed by atoms with van der Waals surface area (Å²) in [5.74, 6) is -0.955. The maximum absolute atomic E-state index is 10.6. The summed E-state index contributed by atoms with van der Waals surface area (Å²) in [5.41, 5.74) is 2.08. The molecule has 1 aromatic heterocycles. The van der Waals surface area contributed by atoms with Crippen molar-refractivity contribution in [1.82, 2.24) is 9.88 Å². The number of pyridine rings is 1. The molecule has 0 unspecified atom stereocenters. The van der Waals surface area contributed by atoms with Gasteiger partial charge in [-0.2, -0.15) is 0 Å². The molecule has 1 rings (SSSR count). The van der Waals surface area contributed by atoms with E-state index in [0.717, 1.165) is 11.4 Å². The summed E-state index contributed by atoms with van der Waals surface area (Å²) in [5, 5.41) is 8.70. The summed E-state index contributed by atoms with van der Waals surface area (Å²) >= 11 is 0. The van der Waals surface area contributed by atoms with E-state index in [9.17, 15) is 4.79 Å². The van der Waals surface area contributed by atoms with Crippen LogP contribution in [0.2, 0.25) is 0 Å². The summed E-state index contributed by atoms with van der Waals surface area (Å²) in [7, 11) is 1.85. The molecule has 1 aromatic rings. The molecule has 0 radical (unpaired) electrons. The van der Waals surface area contributed by atoms with Gasteiger partial charge in [0.2, 0.25) is 0 Å². The zero-order valence-electron chi connectivity index (χ0n) is 9.60. The monoisotopic (exact) mass is 220 g/mol. The van der Waals surface area contributed by atoms with E-state index in [2.05, 4.69) is 11.6 Å². The molecule has 16 heavy (non-hydrogen) atoms. The van der Waals surface area contributed by atoms with Crippen LogP contribution in [0.25, 0.3) is 0 Å². The number of carboxylic acid groups (broad SMARTS) is 1. The Morgan fingerprint density at radius 2 is 2.25 bits per heavy atom. The van der Waals surface area contributed by atoms with Crippen LogP contribution in [-0.4, -0.2) is 34.6 Å². The highest BCUT2D eigenvalue weighted by Gasteiger charge is 2.08. The van der Waals surface area contributed by atoms with Crippen molar-refractivity contribution >= 4 is 5.97 Å². The van der Waals surface area contributed by atoms with Crippen LogP contribution in [0.4, 0.5) is 0 Å². The highest BCUT2D eigenvalue weighted by atomic mass is 16.4. The van der Waals surface area contributed by atoms with Gasteiger partial charge in [-0.15, -0.1) is 0 Å². The first-order valence-electron chi connectivity index (χ1n) is 5.01. The topological polar surface area (TPSA) is 53.4 Å². The summed E-state index contributed by atoms with van der Waals surface area (Å²) in [6.45, 7) is 6.38. The van der Waals surface area contributed by atoms with E-state index in [-0.39, 0.29) is 5.57 Å². The number of hydrogen-bond donors (Lipinski definition) is 1. The number of rotatable bonds is 5. The number of aliphatic carboxylic acids is 1. The maximum atomic E-state index is 10.6. The third-order valence-corrected chi connectivity index (χ3v) is 2.14. The smallest absolute Gasteiger partial charge is 0.332 e. The van der Waals surface area contributed by atoms with E-state index in [1.54, 1.807) is 0 Å². The van der Waals surface area contributed by atoms with Crippen LogP contribution in [-0.2, 0) is 11.3 Å². The van der Waals surface area contributed by atoms with Crippen molar-refractivity contribution in [2.75, 3.05) is 13.6 Å². The van der Waals surface area contributed by atoms with E-state index >= 15 is 0 Å². The molecule has 1 N–H and O–H groups in total. The van der Waals surface area contributed by atoms with Crippen LogP contribution >= 0.6 is 0 Å². The summed E-state index contributed by atoms with van der Waals surface area (Å²) in [6, 6.07) is 5.80. The molecular weight excluding hydrogens is 204 g/mol. The Morgan fingerprint density at radius 1 is 1.56 bits per heavy atom. The van der Waals surface area contributed by atoms with Crippen LogP contribution in [0.15, 0.2) is 30.4 Å². The van der Waals surface area contributed by atoms with Crippen molar-refractivity contribution in [1.29, 1.82) is 0 Å². The van der Waals surface area contributed by atoms with E-state index in [1.165, 1.54) is 0 Å². The predicted octanol–water partition coefficient (Wildman–Crippen LogP) is 1.46. The molecule has 4 nitrogen and oxygen atoms in total. The second-order valence-corrected chi connectivity index (χ2v) is 3.85. The predicted molar refractivity (Wildman–Crippen MR) is 62.1 cm³/mol. The van der Waals surface area contributed by atoms with Gasteiger partial charge in [0.05, 0.1) is 5.69 Å². The Morgan fingerprint density at radius 3 is 2.81 bits per heavy atom. The van der Waals surface area contributed by atoms with Crippen molar-refractivity contribution in [3.8, 4) is 0 Å². The number of carboxylic acids is 1. The Hall–Kier alpha value is -1.68. The minimum absolute atomic E-state index is 0.190. The molecule has 0 amide bonds. The van der Waals surface area contributed by atoms with Gasteiger partial charge in [-0.25, -0.2) is 4.79 Å². The van der Waals surface area contributed by atoms with Gasteiger partial charge in [0.1, 0.15) is 0 Å². The van der Waals surface area contributed by atoms with Crippen molar-refractivity contribution < 1.29 is 9.90 Å². The molecule has 0 spiro atoms. The fraction of sp³-hybridized carbons (Fsp3) is 0.333. The Labute approximate surface area is 95.2 Å². The fourth-order valence-corrected chi connectivity index (χ4v) is 1.41. The number of likely N-dealkylation sites (N-methyl/N-ethyl adjacent to an activating group) is 1. The molecule has 0 fully saturated rings. The van der Waals surface area contributed by atoms with Crippen molar-refractivity contribution in [3.63, 3.8) is 0 Å². The zero-order chi connectivity index (χ0) is 12.1. The molecule has 4 heteroatoms. The molecule has 0 saturated heterocycles. The second-order valence-electron chi connectivity index (χ2n) is 3.85. The van der Waals surface area contributed by atoms with Gasteiger partial charge in [0.25, 0.3) is 0 Å². The molecule has 0 aromatic carbocycles. The number of hydrogen-bond acceptors (Lipinski definition) is 3. The molecule has 86 valence electrons. The van der Waals surface area contributed by atoms with Gasteiger partial charge in [-0.1, -0.05) is 12.6 Å². The lowest BCUT2D eigenvalue weighted by Crippen LogP contribution is -2.23. The highest BCUT2D eigenvalue weighted by Crippen LogP contribution is 2.03. The number of nitrogens with zero attached hydrogens (tertiary/aromatic N) is 2. The maximum Gasteiger partial charge on any atom is 0.332 e. The number of carbonyl (C=O) groups is 1. The Bertz CT molecular complexity index is 402. The summed E-state index contributed by atoms with van der Waals surface area (Å²) in [4.78, 5) is 16.8. The van der Waals surface area contributed by atoms with Gasteiger partial charge in [-0.05, 0) is 26.1 Å². The minimum Gasteiger partial charge on any atom is -0.478 e. The Kier molecular flexibility index (Phi) is 4.19. The van der Waals surface area contributed by atoms with Crippen LogP contribution in [0, 0.1) is 6.92 Å². The lowest BCUT2D eigenvalue weighted by molar-refractivity contribution is -0.132. The van der Waals surface area contributed by atoms with Gasteiger partial charge in [0, 0.05) is 24.4 Å². The fourth-order valence-electron chi connectivity index (χ4n) is 1.41. The molecule has 1 heterocycles. The summed E-state index contributed by atoms with van der Waals surface area (Å²) < 4.78 is 0. The van der Waals surface area contributed by atoms with E-state index < -0.39 is 5.97 Å². The number of aromatic nitrogens is 1. The molecular formula is C12H16N2O2. The van der Waals surface area contributed by atoms with E-state index in [4.69, 9.17) is 5.11 Å². The quantitative estimate of drug-likeness (QED) is 0.763. The molecule has 0 atom stereocenters. The van der Waals surface area contributed by atoms with Gasteiger partial charge in [-0.3, -0.25) is 9.88 Å². The van der Waals surface area contributed by atoms with Crippen molar-refractivity contribution in [3.05, 3.63) is 41.7 Å². The van der Waals surface area contributed by atoms with Crippen LogP contribution in [0.1, 0.15) is 11.4 Å². The van der Waals surface area contributed by atoms with Crippen molar-refractivity contribution in [2.45, 2.75) is 13.5 Å². The lowest BCUT2D eigenvalue weighted by atomic mass is 10.2. The lowest BCUT2D eigenvalue weighted by Gasteiger charge is -2.15. The normalized spacial score (nSPS) is 10.4. The van der Waals surface area contributed by atoms with Crippen LogP contribution < -0.4 is 0 Å². The molecule has 0 saturated carbocycles. The van der Waals surface area contributed by atoms with E-state index in [0.29, 0.717) is 13.1 Å². The molecule has 0 bridgehead atoms. The first-order valence-corrected chi connectivity index (χ1v) is 5.01. The highest BCUT2D eigenvalue weighted by molar-refractivity contribution is 5.86. The standard InChI is InChI=1S/C12H16N2O2/c1-9(12(15)16)7-14(3)8-11-6-4-5-10(2)13-11/h4-6H,1,7-8H2,2-3H3,(H,15,16). The van der Waals surface area contributed by atoms with Crippen molar-refractivity contribution in [2.24, 2.45) is 0 Å². The first-order chi connectivity index (χ1) is 7.49. The molecule has 0 aliphatic rings. The largest absolute Gasteiger partial charge is 0.478 e. The zero-order valence-corrected chi connectivity index (χ0v) is 9.60. The van der Waals surface area contributed by atoms with Gasteiger partial charge < -0.3 is 5.11 Å². The summed E-state index contributed by atoms with van der Waals surface area (Å²) in [6.07, 6.45) is 0. The molecule has 0 aliphatic carbocycles. The number of aryl methyl sites for hydroxylation is 1. The van der Waals surface area contributed by atoms with Gasteiger partial charge in [0.15, 0.2) is 0 Å². The average Bonchev–Trinajstić information content (AvgIpc) is 2.16. The van der Waals surface area contributed by atoms with Crippen LogP contribution in [0.3, 0.4) is 0 Å². The Balaban J connectivity index is 2.55. The van der Waals surface area contributed by atoms with Crippen LogP contribution in [0.5, 0.6) is 0 Å². The minimum atomic E-state index is -0.955. The SMILES string of the molecule is C=C(CN(C)Cc1cccc(C)n1)C(=O)O. The first kappa shape index (κ1) is 12.4. The third-order valence-electron chi connectivity index (χ3n) is 2.14. The molecule has 0 aliphatic heterocycles. The van der Waals surface area contributed by atoms with E-state index in [1.807, 2.05) is 37.1 Å². The third kappa shape index (κ3) is 3.82. The second kappa shape index (κ2) is 5.42. The average molecular weight is 220 g/mol. The van der Waals surface area contributed by atoms with Gasteiger partial charge >= 0.3 is 5.97 Å².